The first-order valence-corrected chi connectivity index (χ1v) is 9.02. The molecule has 26 heavy (non-hydrogen) atoms. The zero-order valence-electron chi connectivity index (χ0n) is 13.4. The van der Waals surface area contributed by atoms with Gasteiger partial charge in [-0.3, -0.25) is 9.10 Å². The molecule has 0 fully saturated rings. The normalized spacial score (nSPS) is 11.9. The average molecular weight is 390 g/mol. The number of anilines is 2. The molecule has 2 aromatic rings. The standard InChI is InChI=1S/C16H14F4N2O3S/c1-26(24,25)22(14-5-3-2-4-13(14)17)10-15(23)21-12-8-6-11(7-9-12)16(18,19)20/h2-9H,10H2,1H3,(H,21,23). The van der Waals surface area contributed by atoms with E-state index in [1.54, 1.807) is 0 Å². The molecule has 1 amide bonds. The van der Waals surface area contributed by atoms with Crippen LogP contribution in [0, 0.1) is 5.82 Å². The Morgan fingerprint density at radius 1 is 1.08 bits per heavy atom. The fraction of sp³-hybridized carbons (Fsp3) is 0.188. The predicted molar refractivity (Wildman–Crippen MR) is 88.7 cm³/mol. The van der Waals surface area contributed by atoms with Crippen LogP contribution in [0.5, 0.6) is 0 Å². The maximum atomic E-state index is 13.9. The zero-order chi connectivity index (χ0) is 19.5. The number of halogens is 4. The largest absolute Gasteiger partial charge is 0.416 e. The van der Waals surface area contributed by atoms with Gasteiger partial charge >= 0.3 is 6.18 Å². The molecular formula is C16H14F4N2O3S. The molecular weight excluding hydrogens is 376 g/mol. The number of carbonyl (C=O) groups is 1. The highest BCUT2D eigenvalue weighted by Crippen LogP contribution is 2.29. The van der Waals surface area contributed by atoms with E-state index in [1.165, 1.54) is 18.2 Å². The molecule has 2 rings (SSSR count). The molecule has 0 aromatic heterocycles. The highest BCUT2D eigenvalue weighted by atomic mass is 32.2. The Balaban J connectivity index is 2.17. The Bertz CT molecular complexity index is 896. The van der Waals surface area contributed by atoms with E-state index in [0.717, 1.165) is 36.6 Å². The fourth-order valence-corrected chi connectivity index (χ4v) is 2.97. The van der Waals surface area contributed by atoms with Gasteiger partial charge in [-0.15, -0.1) is 0 Å². The van der Waals surface area contributed by atoms with Crippen molar-refractivity contribution >= 4 is 27.3 Å². The summed E-state index contributed by atoms with van der Waals surface area (Å²) in [7, 11) is -3.97. The Labute approximate surface area is 147 Å². The molecule has 0 bridgehead atoms. The first kappa shape index (κ1) is 19.7. The van der Waals surface area contributed by atoms with Crippen molar-refractivity contribution in [2.24, 2.45) is 0 Å². The van der Waals surface area contributed by atoms with Crippen LogP contribution in [0.2, 0.25) is 0 Å². The van der Waals surface area contributed by atoms with E-state index in [-0.39, 0.29) is 11.4 Å². The Morgan fingerprint density at radius 3 is 2.15 bits per heavy atom. The van der Waals surface area contributed by atoms with E-state index in [1.807, 2.05) is 0 Å². The number of hydrogen-bond donors (Lipinski definition) is 1. The van der Waals surface area contributed by atoms with Crippen LogP contribution in [0.1, 0.15) is 5.56 Å². The van der Waals surface area contributed by atoms with Gasteiger partial charge in [0.2, 0.25) is 15.9 Å². The van der Waals surface area contributed by atoms with Crippen molar-refractivity contribution in [2.45, 2.75) is 6.18 Å². The van der Waals surface area contributed by atoms with Gasteiger partial charge < -0.3 is 5.32 Å². The number of benzene rings is 2. The van der Waals surface area contributed by atoms with Gasteiger partial charge in [0.15, 0.2) is 0 Å². The molecule has 140 valence electrons. The van der Waals surface area contributed by atoms with E-state index in [4.69, 9.17) is 0 Å². The van der Waals surface area contributed by atoms with E-state index in [0.29, 0.717) is 4.31 Å². The molecule has 5 nitrogen and oxygen atoms in total. The average Bonchev–Trinajstić information content (AvgIpc) is 2.52. The first-order valence-electron chi connectivity index (χ1n) is 7.18. The molecule has 2 aromatic carbocycles. The van der Waals surface area contributed by atoms with E-state index in [9.17, 15) is 30.8 Å². The molecule has 0 saturated carbocycles. The van der Waals surface area contributed by atoms with Crippen LogP contribution >= 0.6 is 0 Å². The Kier molecular flexibility index (Phi) is 5.55. The maximum Gasteiger partial charge on any atom is 0.416 e. The molecule has 0 aliphatic carbocycles. The van der Waals surface area contributed by atoms with Gasteiger partial charge in [-0.25, -0.2) is 12.8 Å². The van der Waals surface area contributed by atoms with Crippen molar-refractivity contribution in [3.05, 3.63) is 59.9 Å². The molecule has 10 heteroatoms. The van der Waals surface area contributed by atoms with E-state index < -0.39 is 40.0 Å². The van der Waals surface area contributed by atoms with E-state index in [2.05, 4.69) is 5.32 Å². The number of amides is 1. The van der Waals surface area contributed by atoms with Gasteiger partial charge in [-0.1, -0.05) is 12.1 Å². The quantitative estimate of drug-likeness (QED) is 0.797. The van der Waals surface area contributed by atoms with Gasteiger partial charge in [-0.05, 0) is 36.4 Å². The maximum absolute atomic E-state index is 13.9. The van der Waals surface area contributed by atoms with Crippen LogP contribution in [0.15, 0.2) is 48.5 Å². The topological polar surface area (TPSA) is 66.5 Å². The lowest BCUT2D eigenvalue weighted by atomic mass is 10.2. The number of nitrogens with zero attached hydrogens (tertiary/aromatic N) is 1. The highest BCUT2D eigenvalue weighted by molar-refractivity contribution is 7.92. The minimum atomic E-state index is -4.51. The second-order valence-electron chi connectivity index (χ2n) is 5.34. The SMILES string of the molecule is CS(=O)(=O)N(CC(=O)Nc1ccc(C(F)(F)F)cc1)c1ccccc1F. The number of carbonyl (C=O) groups excluding carboxylic acids is 1. The number of sulfonamides is 1. The Morgan fingerprint density at radius 2 is 1.65 bits per heavy atom. The van der Waals surface area contributed by atoms with Crippen molar-refractivity contribution < 1.29 is 30.8 Å². The summed E-state index contributed by atoms with van der Waals surface area (Å²) in [6.07, 6.45) is -3.70. The Hall–Kier alpha value is -2.62. The summed E-state index contributed by atoms with van der Waals surface area (Å²) in [5.41, 5.74) is -1.15. The van der Waals surface area contributed by atoms with Gasteiger partial charge in [-0.2, -0.15) is 13.2 Å². The molecule has 0 aliphatic rings. The van der Waals surface area contributed by atoms with Gasteiger partial charge in [0.25, 0.3) is 0 Å². The lowest BCUT2D eigenvalue weighted by Gasteiger charge is -2.22. The molecule has 1 N–H and O–H groups in total. The first-order chi connectivity index (χ1) is 12.0. The fourth-order valence-electron chi connectivity index (χ4n) is 2.11. The molecule has 0 aliphatic heterocycles. The van der Waals surface area contributed by atoms with Crippen LogP contribution < -0.4 is 9.62 Å². The summed E-state index contributed by atoms with van der Waals surface area (Å²) in [4.78, 5) is 12.1. The van der Waals surface area contributed by atoms with Crippen LogP contribution in [-0.2, 0) is 21.0 Å². The third-order valence-corrected chi connectivity index (χ3v) is 4.43. The smallest absolute Gasteiger partial charge is 0.325 e. The minimum absolute atomic E-state index is 0.0463. The van der Waals surface area contributed by atoms with Gasteiger partial charge in [0.05, 0.1) is 17.5 Å². The summed E-state index contributed by atoms with van der Waals surface area (Å²) in [5.74, 6) is -1.67. The summed E-state index contributed by atoms with van der Waals surface area (Å²) in [6, 6.07) is 8.64. The number of nitrogens with one attached hydrogen (secondary N) is 1. The van der Waals surface area contributed by atoms with Crippen molar-refractivity contribution in [3.8, 4) is 0 Å². The molecule has 0 unspecified atom stereocenters. The number of rotatable bonds is 5. The second kappa shape index (κ2) is 7.32. The molecule has 0 saturated heterocycles. The van der Waals surface area contributed by atoms with Gasteiger partial charge in [0, 0.05) is 5.69 Å². The van der Waals surface area contributed by atoms with Crippen molar-refractivity contribution in [2.75, 3.05) is 22.4 Å². The lowest BCUT2D eigenvalue weighted by molar-refractivity contribution is -0.137. The second-order valence-corrected chi connectivity index (χ2v) is 7.25. The van der Waals surface area contributed by atoms with Crippen molar-refractivity contribution in [3.63, 3.8) is 0 Å². The summed E-state index contributed by atoms with van der Waals surface area (Å²) < 4.78 is 75.7. The minimum Gasteiger partial charge on any atom is -0.325 e. The number of alkyl halides is 3. The lowest BCUT2D eigenvalue weighted by Crippen LogP contribution is -2.38. The van der Waals surface area contributed by atoms with Crippen LogP contribution in [-0.4, -0.2) is 27.1 Å². The van der Waals surface area contributed by atoms with Crippen molar-refractivity contribution in [1.82, 2.24) is 0 Å². The summed E-state index contributed by atoms with van der Waals surface area (Å²) >= 11 is 0. The molecule has 0 spiro atoms. The van der Waals surface area contributed by atoms with Crippen LogP contribution in [0.3, 0.4) is 0 Å². The molecule has 0 radical (unpaired) electrons. The van der Waals surface area contributed by atoms with Crippen LogP contribution in [0.25, 0.3) is 0 Å². The predicted octanol–water partition coefficient (Wildman–Crippen LogP) is 3.25. The third kappa shape index (κ3) is 4.94. The molecule has 0 heterocycles. The van der Waals surface area contributed by atoms with E-state index >= 15 is 0 Å². The zero-order valence-corrected chi connectivity index (χ0v) is 14.2. The third-order valence-electron chi connectivity index (χ3n) is 3.30. The van der Waals surface area contributed by atoms with Crippen LogP contribution in [0.4, 0.5) is 28.9 Å². The summed E-state index contributed by atoms with van der Waals surface area (Å²) in [6.45, 7) is -0.735. The highest BCUT2D eigenvalue weighted by Gasteiger charge is 2.30. The van der Waals surface area contributed by atoms with Gasteiger partial charge in [0.1, 0.15) is 12.4 Å². The number of hydrogen-bond acceptors (Lipinski definition) is 3. The molecule has 0 atom stereocenters. The number of para-hydroxylation sites is 1. The summed E-state index contributed by atoms with van der Waals surface area (Å²) in [5, 5.41) is 2.28. The monoisotopic (exact) mass is 390 g/mol. The van der Waals surface area contributed by atoms with Crippen molar-refractivity contribution in [1.29, 1.82) is 0 Å².